The molecule has 4 nitrogen and oxygen atoms in total. The van der Waals surface area contributed by atoms with Gasteiger partial charge in [-0.25, -0.2) is 0 Å². The van der Waals surface area contributed by atoms with Crippen LogP contribution in [0.3, 0.4) is 0 Å². The van der Waals surface area contributed by atoms with Crippen LogP contribution in [-0.2, 0) is 11.4 Å². The molecule has 17 heavy (non-hydrogen) atoms. The van der Waals surface area contributed by atoms with Gasteiger partial charge in [0.15, 0.2) is 0 Å². The molecule has 5 heteroatoms. The molecular weight excluding hydrogens is 240 g/mol. The second-order valence-electron chi connectivity index (χ2n) is 4.16. The topological polar surface area (TPSA) is 66.6 Å². The number of carbonyl (C=O) groups is 1. The lowest BCUT2D eigenvalue weighted by molar-refractivity contribution is -0.119. The van der Waals surface area contributed by atoms with Gasteiger partial charge in [0.25, 0.3) is 0 Å². The summed E-state index contributed by atoms with van der Waals surface area (Å²) in [6, 6.07) is 5.02. The summed E-state index contributed by atoms with van der Waals surface area (Å²) in [4.78, 5) is 13.3. The number of benzene rings is 1. The molecule has 0 aromatic heterocycles. The Kier molecular flexibility index (Phi) is 3.54. The lowest BCUT2D eigenvalue weighted by Crippen LogP contribution is -2.40. The molecule has 1 saturated heterocycles. The largest absolute Gasteiger partial charge is 0.392 e. The van der Waals surface area contributed by atoms with Crippen LogP contribution in [-0.4, -0.2) is 23.6 Å². The number of halogens is 1. The third kappa shape index (κ3) is 2.23. The Morgan fingerprint density at radius 3 is 3.00 bits per heavy atom. The van der Waals surface area contributed by atoms with Crippen molar-refractivity contribution < 1.29 is 9.90 Å². The summed E-state index contributed by atoms with van der Waals surface area (Å²) < 4.78 is 0. The average Bonchev–Trinajstić information content (AvgIpc) is 2.77. The summed E-state index contributed by atoms with van der Waals surface area (Å²) in [6.45, 7) is 0.641. The van der Waals surface area contributed by atoms with Crippen molar-refractivity contribution in [3.8, 4) is 0 Å². The molecule has 1 atom stereocenters. The molecular formula is C12H15ClN2O2. The number of para-hydroxylation sites is 1. The van der Waals surface area contributed by atoms with Gasteiger partial charge < -0.3 is 15.7 Å². The Hall–Kier alpha value is -1.26. The highest BCUT2D eigenvalue weighted by Gasteiger charge is 2.31. The van der Waals surface area contributed by atoms with Crippen molar-refractivity contribution in [1.29, 1.82) is 0 Å². The van der Waals surface area contributed by atoms with Gasteiger partial charge in [-0.05, 0) is 18.9 Å². The third-order valence-electron chi connectivity index (χ3n) is 3.11. The number of carbonyl (C=O) groups excluding carboxylic acids is 1. The normalized spacial score (nSPS) is 19.6. The van der Waals surface area contributed by atoms with E-state index in [1.165, 1.54) is 0 Å². The van der Waals surface area contributed by atoms with Crippen LogP contribution >= 0.6 is 11.6 Å². The predicted molar refractivity (Wildman–Crippen MR) is 66.9 cm³/mol. The van der Waals surface area contributed by atoms with Gasteiger partial charge >= 0.3 is 0 Å². The van der Waals surface area contributed by atoms with Crippen LogP contribution in [0.25, 0.3) is 0 Å². The van der Waals surface area contributed by atoms with Crippen LogP contribution < -0.4 is 10.6 Å². The van der Waals surface area contributed by atoms with Gasteiger partial charge in [-0.3, -0.25) is 4.79 Å². The molecule has 1 heterocycles. The van der Waals surface area contributed by atoms with Crippen LogP contribution in [0.2, 0.25) is 5.02 Å². The van der Waals surface area contributed by atoms with E-state index < -0.39 is 0 Å². The SMILES string of the molecule is NC(=O)C1CCCN1c1c(Cl)cccc1CO. The quantitative estimate of drug-likeness (QED) is 0.854. The van der Waals surface area contributed by atoms with E-state index in [0.29, 0.717) is 5.02 Å². The Labute approximate surface area is 105 Å². The lowest BCUT2D eigenvalue weighted by Gasteiger charge is -2.27. The minimum atomic E-state index is -0.341. The van der Waals surface area contributed by atoms with E-state index in [-0.39, 0.29) is 18.6 Å². The zero-order valence-corrected chi connectivity index (χ0v) is 10.2. The molecule has 0 aliphatic carbocycles. The Balaban J connectivity index is 2.42. The van der Waals surface area contributed by atoms with Crippen molar-refractivity contribution in [2.45, 2.75) is 25.5 Å². The first-order chi connectivity index (χ1) is 8.15. The summed E-state index contributed by atoms with van der Waals surface area (Å²) in [5, 5.41) is 9.87. The molecule has 92 valence electrons. The number of aliphatic hydroxyl groups is 1. The Bertz CT molecular complexity index is 437. The summed E-state index contributed by atoms with van der Waals surface area (Å²) in [5.41, 5.74) is 6.84. The number of primary amides is 1. The summed E-state index contributed by atoms with van der Waals surface area (Å²) in [7, 11) is 0. The molecule has 0 saturated carbocycles. The molecule has 1 unspecified atom stereocenters. The standard InChI is InChI=1S/C12H15ClN2O2/c13-9-4-1-3-8(7-16)11(9)15-6-2-5-10(15)12(14)17/h1,3-4,10,16H,2,5-7H2,(H2,14,17). The van der Waals surface area contributed by atoms with Gasteiger partial charge in [0.2, 0.25) is 5.91 Å². The molecule has 1 aromatic carbocycles. The number of hydrogen-bond donors (Lipinski definition) is 2. The molecule has 1 aliphatic heterocycles. The van der Waals surface area contributed by atoms with E-state index in [0.717, 1.165) is 30.6 Å². The smallest absolute Gasteiger partial charge is 0.240 e. The summed E-state index contributed by atoms with van der Waals surface area (Å²) in [5.74, 6) is -0.341. The molecule has 0 bridgehead atoms. The van der Waals surface area contributed by atoms with Crippen molar-refractivity contribution in [1.82, 2.24) is 0 Å². The molecule has 0 spiro atoms. The van der Waals surface area contributed by atoms with Crippen molar-refractivity contribution in [3.63, 3.8) is 0 Å². The molecule has 3 N–H and O–H groups in total. The molecule has 2 rings (SSSR count). The minimum Gasteiger partial charge on any atom is -0.392 e. The van der Waals surface area contributed by atoms with Crippen molar-refractivity contribution in [2.24, 2.45) is 5.73 Å². The summed E-state index contributed by atoms with van der Waals surface area (Å²) >= 11 is 6.15. The maximum atomic E-state index is 11.4. The molecule has 1 aromatic rings. The molecule has 1 amide bonds. The number of aliphatic hydroxyl groups excluding tert-OH is 1. The maximum Gasteiger partial charge on any atom is 0.240 e. The Morgan fingerprint density at radius 2 is 2.35 bits per heavy atom. The number of nitrogens with zero attached hydrogens (tertiary/aromatic N) is 1. The number of amides is 1. The van der Waals surface area contributed by atoms with Gasteiger partial charge in [-0.15, -0.1) is 0 Å². The van der Waals surface area contributed by atoms with E-state index in [4.69, 9.17) is 17.3 Å². The van der Waals surface area contributed by atoms with Crippen LogP contribution in [0.1, 0.15) is 18.4 Å². The second kappa shape index (κ2) is 4.94. The molecule has 1 fully saturated rings. The first-order valence-corrected chi connectivity index (χ1v) is 5.97. The van der Waals surface area contributed by atoms with Crippen LogP contribution in [0.4, 0.5) is 5.69 Å². The highest BCUT2D eigenvalue weighted by molar-refractivity contribution is 6.33. The number of anilines is 1. The van der Waals surface area contributed by atoms with Crippen LogP contribution in [0, 0.1) is 0 Å². The van der Waals surface area contributed by atoms with Crippen LogP contribution in [0.15, 0.2) is 18.2 Å². The van der Waals surface area contributed by atoms with Gasteiger partial charge in [-0.2, -0.15) is 0 Å². The lowest BCUT2D eigenvalue weighted by atomic mass is 10.1. The van der Waals surface area contributed by atoms with Crippen LogP contribution in [0.5, 0.6) is 0 Å². The fraction of sp³-hybridized carbons (Fsp3) is 0.417. The molecule has 0 radical (unpaired) electrons. The average molecular weight is 255 g/mol. The van der Waals surface area contributed by atoms with Crippen molar-refractivity contribution in [3.05, 3.63) is 28.8 Å². The number of hydrogen-bond acceptors (Lipinski definition) is 3. The zero-order chi connectivity index (χ0) is 12.4. The van der Waals surface area contributed by atoms with Crippen molar-refractivity contribution in [2.75, 3.05) is 11.4 Å². The van der Waals surface area contributed by atoms with Gasteiger partial charge in [0.05, 0.1) is 17.3 Å². The van der Waals surface area contributed by atoms with E-state index >= 15 is 0 Å². The van der Waals surface area contributed by atoms with E-state index in [2.05, 4.69) is 0 Å². The highest BCUT2D eigenvalue weighted by Crippen LogP contribution is 2.34. The first-order valence-electron chi connectivity index (χ1n) is 5.59. The van der Waals surface area contributed by atoms with E-state index in [1.54, 1.807) is 18.2 Å². The second-order valence-corrected chi connectivity index (χ2v) is 4.57. The first kappa shape index (κ1) is 12.2. The third-order valence-corrected chi connectivity index (χ3v) is 3.41. The number of rotatable bonds is 3. The monoisotopic (exact) mass is 254 g/mol. The summed E-state index contributed by atoms with van der Waals surface area (Å²) in [6.07, 6.45) is 1.65. The fourth-order valence-corrected chi connectivity index (χ4v) is 2.64. The van der Waals surface area contributed by atoms with Crippen molar-refractivity contribution >= 4 is 23.2 Å². The predicted octanol–water partition coefficient (Wildman–Crippen LogP) is 1.29. The van der Waals surface area contributed by atoms with E-state index in [9.17, 15) is 9.90 Å². The number of nitrogens with two attached hydrogens (primary N) is 1. The molecule has 1 aliphatic rings. The van der Waals surface area contributed by atoms with E-state index in [1.807, 2.05) is 4.90 Å². The maximum absolute atomic E-state index is 11.4. The van der Waals surface area contributed by atoms with Gasteiger partial charge in [-0.1, -0.05) is 23.7 Å². The zero-order valence-electron chi connectivity index (χ0n) is 9.40. The fourth-order valence-electron chi connectivity index (χ4n) is 2.34. The Morgan fingerprint density at radius 1 is 1.59 bits per heavy atom. The van der Waals surface area contributed by atoms with Gasteiger partial charge in [0, 0.05) is 12.1 Å². The van der Waals surface area contributed by atoms with Gasteiger partial charge in [0.1, 0.15) is 6.04 Å². The highest BCUT2D eigenvalue weighted by atomic mass is 35.5. The minimum absolute atomic E-state index is 0.0993.